The number of piperazine rings is 1. The molecule has 3 heterocycles. The highest BCUT2D eigenvalue weighted by molar-refractivity contribution is 7.13. The SMILES string of the molecule is O=C(CN1CCN(Cc2cccnc2)CC1)Nc1nccs1. The lowest BCUT2D eigenvalue weighted by atomic mass is 10.2. The lowest BCUT2D eigenvalue weighted by Crippen LogP contribution is -2.48. The Morgan fingerprint density at radius 1 is 1.23 bits per heavy atom. The molecule has 1 N–H and O–H groups in total. The van der Waals surface area contributed by atoms with Gasteiger partial charge in [-0.25, -0.2) is 4.98 Å². The minimum Gasteiger partial charge on any atom is -0.301 e. The van der Waals surface area contributed by atoms with E-state index in [1.54, 1.807) is 12.4 Å². The summed E-state index contributed by atoms with van der Waals surface area (Å²) in [7, 11) is 0. The Hall–Kier alpha value is -1.83. The monoisotopic (exact) mass is 317 g/mol. The van der Waals surface area contributed by atoms with Gasteiger partial charge in [-0.2, -0.15) is 0 Å². The molecule has 0 aliphatic carbocycles. The molecule has 3 rings (SSSR count). The summed E-state index contributed by atoms with van der Waals surface area (Å²) in [5, 5.41) is 5.35. The number of carbonyl (C=O) groups is 1. The van der Waals surface area contributed by atoms with Gasteiger partial charge in [-0.1, -0.05) is 6.07 Å². The second kappa shape index (κ2) is 7.44. The minimum atomic E-state index is 0.00987. The number of nitrogens with one attached hydrogen (secondary N) is 1. The van der Waals surface area contributed by atoms with E-state index in [0.29, 0.717) is 11.7 Å². The molecule has 0 atom stereocenters. The molecule has 1 fully saturated rings. The lowest BCUT2D eigenvalue weighted by Gasteiger charge is -2.34. The summed E-state index contributed by atoms with van der Waals surface area (Å²) in [6.45, 7) is 5.11. The Bertz CT molecular complexity index is 581. The average Bonchev–Trinajstić information content (AvgIpc) is 3.03. The van der Waals surface area contributed by atoms with Crippen molar-refractivity contribution in [1.29, 1.82) is 0 Å². The van der Waals surface area contributed by atoms with E-state index in [-0.39, 0.29) is 5.91 Å². The zero-order valence-electron chi connectivity index (χ0n) is 12.3. The fourth-order valence-electron chi connectivity index (χ4n) is 2.50. The van der Waals surface area contributed by atoms with Gasteiger partial charge in [0.2, 0.25) is 5.91 Å². The molecular weight excluding hydrogens is 298 g/mol. The van der Waals surface area contributed by atoms with Crippen LogP contribution >= 0.6 is 11.3 Å². The Labute approximate surface area is 133 Å². The van der Waals surface area contributed by atoms with E-state index in [2.05, 4.69) is 31.2 Å². The van der Waals surface area contributed by atoms with Crippen LogP contribution in [0.5, 0.6) is 0 Å². The summed E-state index contributed by atoms with van der Waals surface area (Å²) < 4.78 is 0. The van der Waals surface area contributed by atoms with Crippen LogP contribution in [0.15, 0.2) is 36.1 Å². The first-order chi connectivity index (χ1) is 10.8. The van der Waals surface area contributed by atoms with E-state index in [1.807, 2.05) is 17.6 Å². The van der Waals surface area contributed by atoms with Crippen molar-refractivity contribution in [1.82, 2.24) is 19.8 Å². The van der Waals surface area contributed by atoms with Crippen molar-refractivity contribution in [2.24, 2.45) is 0 Å². The Kier molecular flexibility index (Phi) is 5.10. The van der Waals surface area contributed by atoms with E-state index in [0.717, 1.165) is 32.7 Å². The number of thiazole rings is 1. The molecule has 0 aromatic carbocycles. The van der Waals surface area contributed by atoms with Gasteiger partial charge >= 0.3 is 0 Å². The second-order valence-electron chi connectivity index (χ2n) is 5.30. The van der Waals surface area contributed by atoms with Gasteiger partial charge in [0.05, 0.1) is 6.54 Å². The van der Waals surface area contributed by atoms with Crippen molar-refractivity contribution >= 4 is 22.4 Å². The number of rotatable bonds is 5. The maximum absolute atomic E-state index is 11.9. The maximum Gasteiger partial charge on any atom is 0.240 e. The number of pyridine rings is 1. The van der Waals surface area contributed by atoms with Crippen molar-refractivity contribution in [3.63, 3.8) is 0 Å². The van der Waals surface area contributed by atoms with Crippen LogP contribution in [-0.2, 0) is 11.3 Å². The molecule has 0 saturated carbocycles. The van der Waals surface area contributed by atoms with E-state index in [9.17, 15) is 4.79 Å². The molecule has 0 radical (unpaired) electrons. The summed E-state index contributed by atoms with van der Waals surface area (Å²) in [6.07, 6.45) is 5.40. The number of hydrogen-bond acceptors (Lipinski definition) is 6. The van der Waals surface area contributed by atoms with Gasteiger partial charge in [-0.3, -0.25) is 19.6 Å². The van der Waals surface area contributed by atoms with Gasteiger partial charge in [-0.05, 0) is 11.6 Å². The van der Waals surface area contributed by atoms with Crippen LogP contribution in [0.1, 0.15) is 5.56 Å². The molecule has 1 amide bonds. The summed E-state index contributed by atoms with van der Waals surface area (Å²) in [6, 6.07) is 4.06. The predicted octanol–water partition coefficient (Wildman–Crippen LogP) is 1.29. The van der Waals surface area contributed by atoms with Crippen molar-refractivity contribution in [2.75, 3.05) is 38.0 Å². The number of aromatic nitrogens is 2. The third-order valence-electron chi connectivity index (χ3n) is 3.64. The largest absolute Gasteiger partial charge is 0.301 e. The summed E-state index contributed by atoms with van der Waals surface area (Å²) in [5.41, 5.74) is 1.23. The number of amides is 1. The molecule has 22 heavy (non-hydrogen) atoms. The van der Waals surface area contributed by atoms with Gasteiger partial charge in [0, 0.05) is 56.7 Å². The van der Waals surface area contributed by atoms with Crippen LogP contribution in [-0.4, -0.2) is 58.4 Å². The fourth-order valence-corrected chi connectivity index (χ4v) is 3.05. The third kappa shape index (κ3) is 4.33. The summed E-state index contributed by atoms with van der Waals surface area (Å²) in [4.78, 5) is 24.7. The molecule has 2 aromatic heterocycles. The van der Waals surface area contributed by atoms with Crippen molar-refractivity contribution < 1.29 is 4.79 Å². The van der Waals surface area contributed by atoms with E-state index in [4.69, 9.17) is 0 Å². The maximum atomic E-state index is 11.9. The number of nitrogens with zero attached hydrogens (tertiary/aromatic N) is 4. The quantitative estimate of drug-likeness (QED) is 0.900. The first-order valence-corrected chi connectivity index (χ1v) is 8.20. The first kappa shape index (κ1) is 15.1. The lowest BCUT2D eigenvalue weighted by molar-refractivity contribution is -0.117. The number of anilines is 1. The molecule has 0 bridgehead atoms. The molecule has 2 aromatic rings. The smallest absolute Gasteiger partial charge is 0.240 e. The van der Waals surface area contributed by atoms with Crippen molar-refractivity contribution in [3.05, 3.63) is 41.7 Å². The molecule has 116 valence electrons. The van der Waals surface area contributed by atoms with E-state index < -0.39 is 0 Å². The molecule has 1 saturated heterocycles. The molecule has 1 aliphatic rings. The highest BCUT2D eigenvalue weighted by Crippen LogP contribution is 2.11. The highest BCUT2D eigenvalue weighted by Gasteiger charge is 2.19. The van der Waals surface area contributed by atoms with Crippen LogP contribution in [0.3, 0.4) is 0 Å². The topological polar surface area (TPSA) is 61.4 Å². The Morgan fingerprint density at radius 2 is 2.05 bits per heavy atom. The van der Waals surface area contributed by atoms with Crippen LogP contribution < -0.4 is 5.32 Å². The first-order valence-electron chi connectivity index (χ1n) is 7.32. The predicted molar refractivity (Wildman–Crippen MR) is 86.7 cm³/mol. The Balaban J connectivity index is 1.41. The fraction of sp³-hybridized carbons (Fsp3) is 0.400. The Morgan fingerprint density at radius 3 is 2.73 bits per heavy atom. The number of hydrogen-bond donors (Lipinski definition) is 1. The molecule has 1 aliphatic heterocycles. The van der Waals surface area contributed by atoms with Gasteiger partial charge in [0.25, 0.3) is 0 Å². The van der Waals surface area contributed by atoms with Gasteiger partial charge in [-0.15, -0.1) is 11.3 Å². The molecule has 7 heteroatoms. The molecule has 0 unspecified atom stereocenters. The van der Waals surface area contributed by atoms with E-state index >= 15 is 0 Å². The minimum absolute atomic E-state index is 0.00987. The van der Waals surface area contributed by atoms with Gasteiger partial charge in [0.15, 0.2) is 5.13 Å². The van der Waals surface area contributed by atoms with Gasteiger partial charge < -0.3 is 5.32 Å². The van der Waals surface area contributed by atoms with Crippen LogP contribution in [0, 0.1) is 0 Å². The van der Waals surface area contributed by atoms with Crippen LogP contribution in [0.25, 0.3) is 0 Å². The van der Waals surface area contributed by atoms with Gasteiger partial charge in [0.1, 0.15) is 0 Å². The standard InChI is InChI=1S/C15H19N5OS/c21-14(18-15-17-4-9-22-15)12-20-7-5-19(6-8-20)11-13-2-1-3-16-10-13/h1-4,9-10H,5-8,11-12H2,(H,17,18,21). The molecular formula is C15H19N5OS. The van der Waals surface area contributed by atoms with Crippen LogP contribution in [0.4, 0.5) is 5.13 Å². The van der Waals surface area contributed by atoms with Crippen molar-refractivity contribution in [2.45, 2.75) is 6.54 Å². The third-order valence-corrected chi connectivity index (χ3v) is 4.33. The second-order valence-corrected chi connectivity index (χ2v) is 6.19. The molecule has 6 nitrogen and oxygen atoms in total. The molecule has 0 spiro atoms. The zero-order chi connectivity index (χ0) is 15.2. The zero-order valence-corrected chi connectivity index (χ0v) is 13.1. The normalized spacial score (nSPS) is 16.5. The summed E-state index contributed by atoms with van der Waals surface area (Å²) >= 11 is 1.44. The van der Waals surface area contributed by atoms with Crippen molar-refractivity contribution in [3.8, 4) is 0 Å². The van der Waals surface area contributed by atoms with Crippen LogP contribution in [0.2, 0.25) is 0 Å². The van der Waals surface area contributed by atoms with E-state index in [1.165, 1.54) is 16.9 Å². The highest BCUT2D eigenvalue weighted by atomic mass is 32.1. The summed E-state index contributed by atoms with van der Waals surface area (Å²) in [5.74, 6) is 0.00987. The average molecular weight is 317 g/mol. The number of carbonyl (C=O) groups excluding carboxylic acids is 1.